The average Bonchev–Trinajstić information content (AvgIpc) is 2.84. The number of aliphatic carboxylic acids is 1. The highest BCUT2D eigenvalue weighted by atomic mass is 16.4. The third-order valence-corrected chi connectivity index (χ3v) is 4.91. The van der Waals surface area contributed by atoms with Crippen LogP contribution in [-0.2, 0) is 16.1 Å². The molecule has 1 atom stereocenters. The molecule has 1 aliphatic heterocycles. The van der Waals surface area contributed by atoms with Gasteiger partial charge in [0.15, 0.2) is 0 Å². The van der Waals surface area contributed by atoms with E-state index in [0.29, 0.717) is 30.9 Å². The number of nitrogens with one attached hydrogen (secondary N) is 2. The number of benzene rings is 1. The summed E-state index contributed by atoms with van der Waals surface area (Å²) in [5.41, 5.74) is 1.94. The van der Waals surface area contributed by atoms with Crippen LogP contribution in [0.1, 0.15) is 22.3 Å². The molecule has 2 heterocycles. The molecular formula is C21H25N5O4. The van der Waals surface area contributed by atoms with Crippen molar-refractivity contribution < 1.29 is 19.5 Å². The number of aromatic nitrogens is 1. The maximum Gasteiger partial charge on any atom is 0.305 e. The number of carbonyl (C=O) groups is 3. The van der Waals surface area contributed by atoms with Gasteiger partial charge in [0.1, 0.15) is 11.9 Å². The number of hydrogen-bond donors (Lipinski definition) is 3. The van der Waals surface area contributed by atoms with E-state index in [1.54, 1.807) is 43.4 Å². The first-order valence-electron chi connectivity index (χ1n) is 9.61. The fourth-order valence-corrected chi connectivity index (χ4v) is 3.30. The van der Waals surface area contributed by atoms with Crippen LogP contribution < -0.4 is 10.6 Å². The van der Waals surface area contributed by atoms with Crippen LogP contribution in [0.4, 0.5) is 11.5 Å². The molecule has 9 nitrogen and oxygen atoms in total. The van der Waals surface area contributed by atoms with E-state index in [-0.39, 0.29) is 18.2 Å². The molecule has 9 heteroatoms. The fourth-order valence-electron chi connectivity index (χ4n) is 3.30. The van der Waals surface area contributed by atoms with E-state index in [2.05, 4.69) is 15.6 Å². The van der Waals surface area contributed by atoms with Crippen molar-refractivity contribution in [1.29, 1.82) is 0 Å². The van der Waals surface area contributed by atoms with Crippen LogP contribution in [0.5, 0.6) is 0 Å². The maximum absolute atomic E-state index is 12.8. The second-order valence-corrected chi connectivity index (χ2v) is 7.23. The van der Waals surface area contributed by atoms with Crippen molar-refractivity contribution in [2.24, 2.45) is 0 Å². The lowest BCUT2D eigenvalue weighted by Crippen LogP contribution is -2.39. The highest BCUT2D eigenvalue weighted by molar-refractivity contribution is 5.95. The fraction of sp³-hybridized carbons (Fsp3) is 0.333. The Morgan fingerprint density at radius 3 is 2.83 bits per heavy atom. The second kappa shape index (κ2) is 9.25. The number of likely N-dealkylation sites (N-methyl/N-ethyl adjacent to an activating group) is 2. The topological polar surface area (TPSA) is 115 Å². The predicted octanol–water partition coefficient (Wildman–Crippen LogP) is 1.49. The van der Waals surface area contributed by atoms with Gasteiger partial charge < -0.3 is 25.5 Å². The SMILES string of the molecule is CN(CCNc1ccccn1)C(=O)c1ccc2c(c1)CN(C)C(=O)[C@H](CC(=O)O)N2. The largest absolute Gasteiger partial charge is 0.481 e. The molecule has 0 aliphatic carbocycles. The van der Waals surface area contributed by atoms with Crippen LogP contribution in [0.15, 0.2) is 42.6 Å². The molecule has 0 unspecified atom stereocenters. The number of nitrogens with zero attached hydrogens (tertiary/aromatic N) is 3. The quantitative estimate of drug-likeness (QED) is 0.632. The molecule has 1 aromatic heterocycles. The number of rotatable bonds is 7. The Balaban J connectivity index is 1.67. The maximum atomic E-state index is 12.8. The van der Waals surface area contributed by atoms with Crippen molar-refractivity contribution in [2.45, 2.75) is 19.0 Å². The number of carboxylic acids is 1. The summed E-state index contributed by atoms with van der Waals surface area (Å²) < 4.78 is 0. The van der Waals surface area contributed by atoms with Gasteiger partial charge in [0, 0.05) is 51.2 Å². The Hall–Kier alpha value is -3.62. The molecular weight excluding hydrogens is 386 g/mol. The second-order valence-electron chi connectivity index (χ2n) is 7.23. The van der Waals surface area contributed by atoms with E-state index < -0.39 is 12.0 Å². The smallest absolute Gasteiger partial charge is 0.305 e. The molecule has 3 rings (SSSR count). The van der Waals surface area contributed by atoms with E-state index in [4.69, 9.17) is 5.11 Å². The van der Waals surface area contributed by atoms with E-state index in [1.165, 1.54) is 4.90 Å². The van der Waals surface area contributed by atoms with E-state index in [0.717, 1.165) is 11.4 Å². The van der Waals surface area contributed by atoms with Gasteiger partial charge in [-0.3, -0.25) is 14.4 Å². The summed E-state index contributed by atoms with van der Waals surface area (Å²) in [6, 6.07) is 9.90. The number of hydrogen-bond acceptors (Lipinski definition) is 6. The summed E-state index contributed by atoms with van der Waals surface area (Å²) in [4.78, 5) is 43.6. The minimum atomic E-state index is -1.05. The lowest BCUT2D eigenvalue weighted by molar-refractivity contribution is -0.141. The highest BCUT2D eigenvalue weighted by Crippen LogP contribution is 2.25. The normalized spacial score (nSPS) is 15.6. The molecule has 1 aromatic carbocycles. The van der Waals surface area contributed by atoms with Crippen molar-refractivity contribution in [3.05, 3.63) is 53.7 Å². The van der Waals surface area contributed by atoms with Gasteiger partial charge in [-0.15, -0.1) is 0 Å². The number of amides is 2. The third-order valence-electron chi connectivity index (χ3n) is 4.91. The monoisotopic (exact) mass is 411 g/mol. The first-order valence-corrected chi connectivity index (χ1v) is 9.61. The first kappa shape index (κ1) is 21.1. The van der Waals surface area contributed by atoms with Crippen LogP contribution >= 0.6 is 0 Å². The van der Waals surface area contributed by atoms with E-state index in [9.17, 15) is 14.4 Å². The molecule has 0 saturated heterocycles. The first-order chi connectivity index (χ1) is 14.3. The summed E-state index contributed by atoms with van der Waals surface area (Å²) in [7, 11) is 3.35. The van der Waals surface area contributed by atoms with E-state index in [1.807, 2.05) is 18.2 Å². The van der Waals surface area contributed by atoms with Gasteiger partial charge in [0.2, 0.25) is 5.91 Å². The predicted molar refractivity (Wildman–Crippen MR) is 112 cm³/mol. The van der Waals surface area contributed by atoms with Crippen molar-refractivity contribution >= 4 is 29.3 Å². The van der Waals surface area contributed by atoms with Gasteiger partial charge in [-0.05, 0) is 35.9 Å². The van der Waals surface area contributed by atoms with E-state index >= 15 is 0 Å². The number of pyridine rings is 1. The number of carboxylic acid groups (broad SMARTS) is 1. The van der Waals surface area contributed by atoms with Crippen molar-refractivity contribution in [2.75, 3.05) is 37.8 Å². The third kappa shape index (κ3) is 5.05. The molecule has 3 N–H and O–H groups in total. The Morgan fingerprint density at radius 1 is 1.33 bits per heavy atom. The van der Waals surface area contributed by atoms with Crippen LogP contribution in [0.2, 0.25) is 0 Å². The van der Waals surface area contributed by atoms with Gasteiger partial charge in [-0.2, -0.15) is 0 Å². The number of carbonyl (C=O) groups excluding carboxylic acids is 2. The highest BCUT2D eigenvalue weighted by Gasteiger charge is 2.29. The average molecular weight is 411 g/mol. The van der Waals surface area contributed by atoms with Gasteiger partial charge in [0.25, 0.3) is 5.91 Å². The summed E-state index contributed by atoms with van der Waals surface area (Å²) >= 11 is 0. The molecule has 2 amide bonds. The zero-order valence-electron chi connectivity index (χ0n) is 17.0. The van der Waals surface area contributed by atoms with Gasteiger partial charge >= 0.3 is 5.97 Å². The lowest BCUT2D eigenvalue weighted by atomic mass is 10.1. The summed E-state index contributed by atoms with van der Waals surface area (Å²) in [5, 5.41) is 15.2. The molecule has 0 bridgehead atoms. The molecule has 0 fully saturated rings. The molecule has 1 aliphatic rings. The van der Waals surface area contributed by atoms with Gasteiger partial charge in [-0.1, -0.05) is 6.07 Å². The van der Waals surface area contributed by atoms with Crippen molar-refractivity contribution in [3.63, 3.8) is 0 Å². The molecule has 2 aromatic rings. The number of anilines is 2. The standard InChI is InChI=1S/C21H25N5O4/c1-25(10-9-23-18-5-3-4-8-22-18)20(29)14-6-7-16-15(11-14)13-26(2)21(30)17(24-16)12-19(27)28/h3-8,11,17,24H,9-10,12-13H2,1-2H3,(H,22,23)(H,27,28)/t17-/m0/s1. The summed E-state index contributed by atoms with van der Waals surface area (Å²) in [6.45, 7) is 1.34. The van der Waals surface area contributed by atoms with Crippen LogP contribution in [0.3, 0.4) is 0 Å². The molecule has 30 heavy (non-hydrogen) atoms. The lowest BCUT2D eigenvalue weighted by Gasteiger charge is -2.19. The zero-order valence-corrected chi connectivity index (χ0v) is 17.0. The van der Waals surface area contributed by atoms with Crippen LogP contribution in [0.25, 0.3) is 0 Å². The Kier molecular flexibility index (Phi) is 6.51. The zero-order chi connectivity index (χ0) is 21.7. The Morgan fingerprint density at radius 2 is 2.13 bits per heavy atom. The Bertz CT molecular complexity index is 934. The summed E-state index contributed by atoms with van der Waals surface area (Å²) in [5.74, 6) is -0.733. The van der Waals surface area contributed by atoms with Crippen LogP contribution in [0, 0.1) is 0 Å². The van der Waals surface area contributed by atoms with Crippen LogP contribution in [-0.4, -0.2) is 70.9 Å². The van der Waals surface area contributed by atoms with Gasteiger partial charge in [-0.25, -0.2) is 4.98 Å². The minimum absolute atomic E-state index is 0.138. The number of fused-ring (bicyclic) bond motifs is 1. The van der Waals surface area contributed by atoms with Gasteiger partial charge in [0.05, 0.1) is 6.42 Å². The van der Waals surface area contributed by atoms with Crippen molar-refractivity contribution in [3.8, 4) is 0 Å². The Labute approximate surface area is 174 Å². The summed E-state index contributed by atoms with van der Waals surface area (Å²) in [6.07, 6.45) is 1.39. The minimum Gasteiger partial charge on any atom is -0.481 e. The molecule has 0 saturated carbocycles. The molecule has 0 radical (unpaired) electrons. The molecule has 0 spiro atoms. The van der Waals surface area contributed by atoms with Crippen molar-refractivity contribution in [1.82, 2.24) is 14.8 Å². The molecule has 158 valence electrons.